The summed E-state index contributed by atoms with van der Waals surface area (Å²) in [6, 6.07) is 11.2. The Morgan fingerprint density at radius 3 is 2.46 bits per heavy atom. The van der Waals surface area contributed by atoms with Gasteiger partial charge < -0.3 is 15.9 Å². The van der Waals surface area contributed by atoms with Gasteiger partial charge in [-0.25, -0.2) is 0 Å². The van der Waals surface area contributed by atoms with Crippen molar-refractivity contribution in [2.24, 2.45) is 0 Å². The molecule has 0 saturated heterocycles. The second kappa shape index (κ2) is 5.54. The number of halogens is 1. The largest absolute Gasteiger partial charge is 0.436 e. The Kier molecular flexibility index (Phi) is 3.36. The molecule has 0 fully saturated rings. The van der Waals surface area contributed by atoms with Crippen LogP contribution in [0.3, 0.4) is 0 Å². The van der Waals surface area contributed by atoms with Crippen molar-refractivity contribution in [2.75, 3.05) is 11.5 Å². The quantitative estimate of drug-likeness (QED) is 0.567. The van der Waals surface area contributed by atoms with Gasteiger partial charge in [0.2, 0.25) is 5.88 Å². The van der Waals surface area contributed by atoms with Crippen LogP contribution in [0.25, 0.3) is 33.4 Å². The molecule has 0 atom stereocenters. The Morgan fingerprint density at radius 1 is 0.958 bits per heavy atom. The number of anilines is 2. The van der Waals surface area contributed by atoms with Gasteiger partial charge in [0.15, 0.2) is 5.58 Å². The number of rotatable bonds is 2. The lowest BCUT2D eigenvalue weighted by molar-refractivity contribution is 0.638. The first-order valence-electron chi connectivity index (χ1n) is 7.28. The lowest BCUT2D eigenvalue weighted by Crippen LogP contribution is -1.92. The number of hydrogen-bond donors (Lipinski definition) is 2. The van der Waals surface area contributed by atoms with Crippen LogP contribution in [0.5, 0.6) is 0 Å². The second-order valence-electron chi connectivity index (χ2n) is 5.32. The fraction of sp³-hybridized carbons (Fsp3) is 0. The highest BCUT2D eigenvalue weighted by atomic mass is 35.5. The molecule has 0 bridgehead atoms. The number of benzene rings is 1. The highest BCUT2D eigenvalue weighted by molar-refractivity contribution is 6.34. The third kappa shape index (κ3) is 2.18. The van der Waals surface area contributed by atoms with Gasteiger partial charge in [-0.3, -0.25) is 9.97 Å². The molecular weight excluding hydrogens is 324 g/mol. The molecule has 24 heavy (non-hydrogen) atoms. The lowest BCUT2D eigenvalue weighted by Gasteiger charge is -2.08. The van der Waals surface area contributed by atoms with E-state index in [9.17, 15) is 0 Å². The molecule has 1 aromatic carbocycles. The number of nitrogens with zero attached hydrogens (tertiary/aromatic N) is 2. The van der Waals surface area contributed by atoms with Gasteiger partial charge in [0.1, 0.15) is 11.4 Å². The number of aromatic nitrogens is 2. The zero-order valence-corrected chi connectivity index (χ0v) is 13.3. The molecule has 4 rings (SSSR count). The summed E-state index contributed by atoms with van der Waals surface area (Å²) in [7, 11) is 0. The topological polar surface area (TPSA) is 91.0 Å². The van der Waals surface area contributed by atoms with Crippen molar-refractivity contribution in [3.05, 3.63) is 60.0 Å². The summed E-state index contributed by atoms with van der Waals surface area (Å²) in [6.45, 7) is 0. The molecule has 0 aliphatic rings. The molecular formula is C18H13ClN4O. The molecule has 0 saturated carbocycles. The Labute approximate surface area is 142 Å². The van der Waals surface area contributed by atoms with Crippen LogP contribution >= 0.6 is 11.6 Å². The Bertz CT molecular complexity index is 1040. The Morgan fingerprint density at radius 2 is 1.71 bits per heavy atom. The predicted molar refractivity (Wildman–Crippen MR) is 96.5 cm³/mol. The van der Waals surface area contributed by atoms with Crippen LogP contribution in [-0.4, -0.2) is 9.97 Å². The minimum Gasteiger partial charge on any atom is -0.436 e. The predicted octanol–water partition coefficient (Wildman–Crippen LogP) is 4.37. The zero-order chi connectivity index (χ0) is 16.7. The van der Waals surface area contributed by atoms with E-state index in [4.69, 9.17) is 27.5 Å². The molecule has 6 heteroatoms. The maximum atomic E-state index is 6.34. The highest BCUT2D eigenvalue weighted by Gasteiger charge is 2.20. The van der Waals surface area contributed by atoms with Gasteiger partial charge in [-0.05, 0) is 18.2 Å². The molecule has 0 aliphatic heterocycles. The van der Waals surface area contributed by atoms with E-state index in [-0.39, 0.29) is 5.88 Å². The van der Waals surface area contributed by atoms with Crippen LogP contribution in [0.4, 0.5) is 11.6 Å². The molecule has 3 aromatic heterocycles. The number of fused-ring (bicyclic) bond motifs is 1. The van der Waals surface area contributed by atoms with Gasteiger partial charge in [-0.1, -0.05) is 29.8 Å². The molecule has 0 aliphatic carbocycles. The van der Waals surface area contributed by atoms with Crippen LogP contribution in [0, 0.1) is 0 Å². The summed E-state index contributed by atoms with van der Waals surface area (Å²) in [5.74, 6) is 0.168. The number of nitrogens with two attached hydrogens (primary N) is 2. The van der Waals surface area contributed by atoms with Gasteiger partial charge in [-0.15, -0.1) is 0 Å². The van der Waals surface area contributed by atoms with E-state index in [1.807, 2.05) is 36.4 Å². The van der Waals surface area contributed by atoms with Gasteiger partial charge in [0.25, 0.3) is 0 Å². The van der Waals surface area contributed by atoms with Crippen LogP contribution < -0.4 is 11.5 Å². The first-order valence-corrected chi connectivity index (χ1v) is 7.66. The maximum absolute atomic E-state index is 6.34. The molecule has 4 aromatic rings. The van der Waals surface area contributed by atoms with Gasteiger partial charge >= 0.3 is 0 Å². The maximum Gasteiger partial charge on any atom is 0.215 e. The highest BCUT2D eigenvalue weighted by Crippen LogP contribution is 2.42. The summed E-state index contributed by atoms with van der Waals surface area (Å²) >= 11 is 6.34. The SMILES string of the molecule is Nc1oc2c(-c3ccncc3)ncc(-c3ccccc3Cl)c2c1N. The summed E-state index contributed by atoms with van der Waals surface area (Å²) in [6.07, 6.45) is 5.13. The normalized spacial score (nSPS) is 11.0. The van der Waals surface area contributed by atoms with E-state index < -0.39 is 0 Å². The summed E-state index contributed by atoms with van der Waals surface area (Å²) in [5, 5.41) is 1.32. The van der Waals surface area contributed by atoms with Crippen molar-refractivity contribution in [2.45, 2.75) is 0 Å². The van der Waals surface area contributed by atoms with E-state index in [1.54, 1.807) is 18.6 Å². The van der Waals surface area contributed by atoms with Crippen LogP contribution in [-0.2, 0) is 0 Å². The average Bonchev–Trinajstić information content (AvgIpc) is 2.91. The summed E-state index contributed by atoms with van der Waals surface area (Å²) < 4.78 is 5.71. The standard InChI is InChI=1S/C18H13ClN4O/c19-13-4-2-1-3-11(13)12-9-23-16(10-5-7-22-8-6-10)17-14(12)15(20)18(21)24-17/h1-9H,20-21H2. The molecule has 0 spiro atoms. The van der Waals surface area contributed by atoms with Crippen LogP contribution in [0.15, 0.2) is 59.4 Å². The molecule has 0 amide bonds. The monoisotopic (exact) mass is 336 g/mol. The molecule has 3 heterocycles. The number of pyridine rings is 2. The van der Waals surface area contributed by atoms with E-state index in [2.05, 4.69) is 9.97 Å². The Balaban J connectivity index is 2.07. The molecule has 4 N–H and O–H groups in total. The van der Waals surface area contributed by atoms with Crippen LogP contribution in [0.1, 0.15) is 0 Å². The van der Waals surface area contributed by atoms with Gasteiger partial charge in [0, 0.05) is 40.3 Å². The molecule has 118 valence electrons. The van der Waals surface area contributed by atoms with Crippen molar-refractivity contribution in [3.63, 3.8) is 0 Å². The van der Waals surface area contributed by atoms with Crippen molar-refractivity contribution in [1.82, 2.24) is 9.97 Å². The minimum absolute atomic E-state index is 0.168. The second-order valence-corrected chi connectivity index (χ2v) is 5.73. The number of hydrogen-bond acceptors (Lipinski definition) is 5. The smallest absolute Gasteiger partial charge is 0.215 e. The average molecular weight is 337 g/mol. The van der Waals surface area contributed by atoms with Crippen molar-refractivity contribution in [3.8, 4) is 22.4 Å². The van der Waals surface area contributed by atoms with E-state index >= 15 is 0 Å². The Hall–Kier alpha value is -3.05. The first kappa shape index (κ1) is 14.5. The molecule has 0 unspecified atom stereocenters. The summed E-state index contributed by atoms with van der Waals surface area (Å²) in [5.41, 5.74) is 16.2. The van der Waals surface area contributed by atoms with E-state index in [0.717, 1.165) is 16.7 Å². The third-order valence-corrected chi connectivity index (χ3v) is 4.23. The number of furan rings is 1. The molecule has 5 nitrogen and oxygen atoms in total. The lowest BCUT2D eigenvalue weighted by atomic mass is 10.0. The van der Waals surface area contributed by atoms with Crippen molar-refractivity contribution < 1.29 is 4.42 Å². The summed E-state index contributed by atoms with van der Waals surface area (Å²) in [4.78, 5) is 8.58. The van der Waals surface area contributed by atoms with Crippen LogP contribution in [0.2, 0.25) is 5.02 Å². The third-order valence-electron chi connectivity index (χ3n) is 3.90. The fourth-order valence-corrected chi connectivity index (χ4v) is 2.98. The molecule has 0 radical (unpaired) electrons. The number of nitrogen functional groups attached to an aromatic ring is 2. The first-order chi connectivity index (χ1) is 11.7. The van der Waals surface area contributed by atoms with Gasteiger partial charge in [-0.2, -0.15) is 0 Å². The van der Waals surface area contributed by atoms with Crippen molar-refractivity contribution in [1.29, 1.82) is 0 Å². The fourth-order valence-electron chi connectivity index (χ4n) is 2.75. The van der Waals surface area contributed by atoms with E-state index in [1.165, 1.54) is 0 Å². The minimum atomic E-state index is 0.168. The van der Waals surface area contributed by atoms with E-state index in [0.29, 0.717) is 27.4 Å². The van der Waals surface area contributed by atoms with Crippen molar-refractivity contribution >= 4 is 34.1 Å². The zero-order valence-electron chi connectivity index (χ0n) is 12.5. The van der Waals surface area contributed by atoms with Gasteiger partial charge in [0.05, 0.1) is 5.39 Å².